The van der Waals surface area contributed by atoms with Gasteiger partial charge in [0, 0.05) is 17.7 Å². The van der Waals surface area contributed by atoms with Gasteiger partial charge in [0.2, 0.25) is 6.23 Å². The summed E-state index contributed by atoms with van der Waals surface area (Å²) in [6.45, 7) is 0. The van der Waals surface area contributed by atoms with Gasteiger partial charge in [-0.05, 0) is 24.3 Å². The van der Waals surface area contributed by atoms with Crippen molar-refractivity contribution in [3.8, 4) is 17.1 Å². The van der Waals surface area contributed by atoms with Crippen molar-refractivity contribution in [3.63, 3.8) is 0 Å². The number of nitro groups is 1. The molecule has 0 bridgehead atoms. The van der Waals surface area contributed by atoms with Gasteiger partial charge in [-0.3, -0.25) is 14.9 Å². The topological polar surface area (TPSA) is 94.6 Å². The smallest absolute Gasteiger partial charge is 0.270 e. The summed E-state index contributed by atoms with van der Waals surface area (Å²) < 4.78 is 11.5. The summed E-state index contributed by atoms with van der Waals surface area (Å²) in [7, 11) is 0. The highest BCUT2D eigenvalue weighted by atomic mass is 16.6. The molecule has 0 saturated carbocycles. The number of furan rings is 1. The van der Waals surface area contributed by atoms with Crippen LogP contribution in [0.1, 0.15) is 22.3 Å². The number of hydrogen-bond acceptors (Lipinski definition) is 5. The first-order valence-electron chi connectivity index (χ1n) is 7.53. The number of nitro benzene ring substituents is 1. The van der Waals surface area contributed by atoms with E-state index in [-0.39, 0.29) is 11.6 Å². The highest BCUT2D eigenvalue weighted by molar-refractivity contribution is 5.97. The summed E-state index contributed by atoms with van der Waals surface area (Å²) in [5.41, 5.74) is 1.01. The third-order valence-corrected chi connectivity index (χ3v) is 3.87. The van der Waals surface area contributed by atoms with Gasteiger partial charge in [-0.1, -0.05) is 24.3 Å². The van der Waals surface area contributed by atoms with E-state index in [0.29, 0.717) is 28.4 Å². The van der Waals surface area contributed by atoms with Crippen molar-refractivity contribution >= 4 is 11.6 Å². The summed E-state index contributed by atoms with van der Waals surface area (Å²) >= 11 is 0. The number of carbonyl (C=O) groups is 1. The lowest BCUT2D eigenvalue weighted by Crippen LogP contribution is -2.36. The zero-order chi connectivity index (χ0) is 17.4. The number of non-ortho nitro benzene ring substituents is 1. The maximum absolute atomic E-state index is 12.2. The molecule has 0 aliphatic carbocycles. The summed E-state index contributed by atoms with van der Waals surface area (Å²) in [5, 5.41) is 13.6. The molecule has 1 unspecified atom stereocenters. The van der Waals surface area contributed by atoms with E-state index in [1.165, 1.54) is 12.1 Å². The first kappa shape index (κ1) is 14.9. The third-order valence-electron chi connectivity index (χ3n) is 3.87. The van der Waals surface area contributed by atoms with E-state index >= 15 is 0 Å². The zero-order valence-electron chi connectivity index (χ0n) is 12.8. The molecule has 1 aliphatic rings. The van der Waals surface area contributed by atoms with Crippen LogP contribution >= 0.6 is 0 Å². The minimum absolute atomic E-state index is 0.0217. The predicted octanol–water partition coefficient (Wildman–Crippen LogP) is 3.68. The van der Waals surface area contributed by atoms with Gasteiger partial charge >= 0.3 is 0 Å². The molecule has 3 aromatic rings. The van der Waals surface area contributed by atoms with Crippen molar-refractivity contribution in [2.75, 3.05) is 0 Å². The quantitative estimate of drug-likeness (QED) is 0.581. The van der Waals surface area contributed by atoms with Crippen LogP contribution in [0.4, 0.5) is 5.69 Å². The number of nitrogens with zero attached hydrogens (tertiary/aromatic N) is 1. The average molecular weight is 336 g/mol. The Morgan fingerprint density at radius 1 is 1.04 bits per heavy atom. The number of carbonyl (C=O) groups excluding carboxylic acids is 1. The summed E-state index contributed by atoms with van der Waals surface area (Å²) in [6.07, 6.45) is -0.755. The van der Waals surface area contributed by atoms with Crippen LogP contribution in [0, 0.1) is 10.1 Å². The number of para-hydroxylation sites is 1. The number of amides is 1. The minimum atomic E-state index is -0.755. The summed E-state index contributed by atoms with van der Waals surface area (Å²) in [6, 6.07) is 16.4. The predicted molar refractivity (Wildman–Crippen MR) is 88.1 cm³/mol. The molecule has 7 heteroatoms. The molecule has 1 aromatic heterocycles. The van der Waals surface area contributed by atoms with E-state index in [4.69, 9.17) is 9.15 Å². The van der Waals surface area contributed by atoms with Crippen molar-refractivity contribution in [1.29, 1.82) is 0 Å². The lowest BCUT2D eigenvalue weighted by atomic mass is 10.1. The van der Waals surface area contributed by atoms with E-state index in [1.54, 1.807) is 48.5 Å². The number of ether oxygens (including phenoxy) is 1. The van der Waals surface area contributed by atoms with E-state index in [9.17, 15) is 14.9 Å². The van der Waals surface area contributed by atoms with Crippen LogP contribution in [0.15, 0.2) is 65.1 Å². The Bertz CT molecular complexity index is 979. The molecular weight excluding hydrogens is 324 g/mol. The number of hydrogen-bond donors (Lipinski definition) is 1. The molecule has 1 aliphatic heterocycles. The fourth-order valence-corrected chi connectivity index (χ4v) is 2.66. The van der Waals surface area contributed by atoms with Crippen molar-refractivity contribution in [3.05, 3.63) is 82.1 Å². The Labute approximate surface area is 142 Å². The van der Waals surface area contributed by atoms with Crippen LogP contribution in [0.25, 0.3) is 11.3 Å². The lowest BCUT2D eigenvalue weighted by Gasteiger charge is -2.25. The van der Waals surface area contributed by atoms with E-state index in [2.05, 4.69) is 5.32 Å². The van der Waals surface area contributed by atoms with Gasteiger partial charge in [0.25, 0.3) is 11.6 Å². The number of nitrogens with one attached hydrogen (secondary N) is 1. The third kappa shape index (κ3) is 2.72. The molecule has 124 valence electrons. The van der Waals surface area contributed by atoms with Crippen LogP contribution in [0.5, 0.6) is 5.75 Å². The Balaban J connectivity index is 1.63. The Morgan fingerprint density at radius 2 is 1.88 bits per heavy atom. The first-order chi connectivity index (χ1) is 12.1. The van der Waals surface area contributed by atoms with Crippen LogP contribution in [-0.2, 0) is 0 Å². The monoisotopic (exact) mass is 336 g/mol. The Kier molecular flexibility index (Phi) is 3.46. The van der Waals surface area contributed by atoms with Gasteiger partial charge in [0.1, 0.15) is 11.5 Å². The van der Waals surface area contributed by atoms with Gasteiger partial charge in [0.15, 0.2) is 5.76 Å². The molecular formula is C18H12N2O5. The van der Waals surface area contributed by atoms with Crippen molar-refractivity contribution in [2.24, 2.45) is 0 Å². The SMILES string of the molecule is O=C1NC(c2ccc(-c3cccc([N+](=O)[O-])c3)o2)Oc2ccccc21. The van der Waals surface area contributed by atoms with Crippen LogP contribution in [0.3, 0.4) is 0 Å². The summed E-state index contributed by atoms with van der Waals surface area (Å²) in [5.74, 6) is 1.09. The number of fused-ring (bicyclic) bond motifs is 1. The van der Waals surface area contributed by atoms with Crippen molar-refractivity contribution in [2.45, 2.75) is 6.23 Å². The van der Waals surface area contributed by atoms with E-state index in [0.717, 1.165) is 0 Å². The van der Waals surface area contributed by atoms with Crippen LogP contribution < -0.4 is 10.1 Å². The van der Waals surface area contributed by atoms with Gasteiger partial charge in [-0.25, -0.2) is 0 Å². The Hall–Kier alpha value is -3.61. The second kappa shape index (κ2) is 5.79. The van der Waals surface area contributed by atoms with Crippen molar-refractivity contribution in [1.82, 2.24) is 5.32 Å². The maximum atomic E-state index is 12.2. The molecule has 0 radical (unpaired) electrons. The lowest BCUT2D eigenvalue weighted by molar-refractivity contribution is -0.384. The van der Waals surface area contributed by atoms with E-state index in [1.807, 2.05) is 0 Å². The molecule has 4 rings (SSSR count). The minimum Gasteiger partial charge on any atom is -0.462 e. The molecule has 1 N–H and O–H groups in total. The normalized spacial score (nSPS) is 15.8. The molecule has 1 atom stereocenters. The van der Waals surface area contributed by atoms with Gasteiger partial charge < -0.3 is 14.5 Å². The number of benzene rings is 2. The average Bonchev–Trinajstić information content (AvgIpc) is 3.12. The molecule has 25 heavy (non-hydrogen) atoms. The van der Waals surface area contributed by atoms with Crippen LogP contribution in [-0.4, -0.2) is 10.8 Å². The molecule has 2 heterocycles. The standard InChI is InChI=1S/C18H12N2O5/c21-17-13-6-1-2-7-15(13)25-18(19-17)16-9-8-14(24-16)11-4-3-5-12(10-11)20(22)23/h1-10,18H,(H,19,21). The van der Waals surface area contributed by atoms with Gasteiger partial charge in [0.05, 0.1) is 10.5 Å². The maximum Gasteiger partial charge on any atom is 0.270 e. The zero-order valence-corrected chi connectivity index (χ0v) is 12.8. The second-order valence-corrected chi connectivity index (χ2v) is 5.48. The van der Waals surface area contributed by atoms with Crippen molar-refractivity contribution < 1.29 is 18.9 Å². The molecule has 1 amide bonds. The molecule has 0 spiro atoms. The van der Waals surface area contributed by atoms with E-state index < -0.39 is 11.2 Å². The van der Waals surface area contributed by atoms with Crippen LogP contribution in [0.2, 0.25) is 0 Å². The second-order valence-electron chi connectivity index (χ2n) is 5.48. The first-order valence-corrected chi connectivity index (χ1v) is 7.53. The molecule has 0 saturated heterocycles. The van der Waals surface area contributed by atoms with Gasteiger partial charge in [-0.2, -0.15) is 0 Å². The highest BCUT2D eigenvalue weighted by Gasteiger charge is 2.28. The fourth-order valence-electron chi connectivity index (χ4n) is 2.66. The fraction of sp³-hybridized carbons (Fsp3) is 0.0556. The molecule has 2 aromatic carbocycles. The highest BCUT2D eigenvalue weighted by Crippen LogP contribution is 2.32. The molecule has 7 nitrogen and oxygen atoms in total. The largest absolute Gasteiger partial charge is 0.462 e. The Morgan fingerprint density at radius 3 is 2.72 bits per heavy atom. The molecule has 0 fully saturated rings. The van der Waals surface area contributed by atoms with Gasteiger partial charge in [-0.15, -0.1) is 0 Å². The summed E-state index contributed by atoms with van der Waals surface area (Å²) in [4.78, 5) is 22.6. The number of rotatable bonds is 3.